The minimum Gasteiger partial charge on any atom is -0.409 e. The van der Waals surface area contributed by atoms with E-state index in [1.807, 2.05) is 30.9 Å². The van der Waals surface area contributed by atoms with Crippen molar-refractivity contribution in [3.05, 3.63) is 29.3 Å². The lowest BCUT2D eigenvalue weighted by Crippen LogP contribution is -2.37. The molecule has 1 aliphatic heterocycles. The molecule has 0 saturated heterocycles. The third-order valence-electron chi connectivity index (χ3n) is 4.00. The number of oxime groups is 1. The number of carbonyl (C=O) groups excluding carboxylic acids is 1. The molecule has 5 heteroatoms. The van der Waals surface area contributed by atoms with Crippen LogP contribution in [0, 0.1) is 0 Å². The van der Waals surface area contributed by atoms with Gasteiger partial charge in [0.15, 0.2) is 5.84 Å². The molecular weight excluding hydrogens is 242 g/mol. The summed E-state index contributed by atoms with van der Waals surface area (Å²) in [5.41, 5.74) is 7.68. The van der Waals surface area contributed by atoms with Crippen molar-refractivity contribution in [1.29, 1.82) is 0 Å². The summed E-state index contributed by atoms with van der Waals surface area (Å²) in [7, 11) is 0. The number of benzene rings is 1. The second-order valence-corrected chi connectivity index (χ2v) is 5.75. The number of anilines is 1. The molecule has 2 aliphatic rings. The van der Waals surface area contributed by atoms with E-state index in [0.717, 1.165) is 24.1 Å². The van der Waals surface area contributed by atoms with Gasteiger partial charge in [0, 0.05) is 17.3 Å². The van der Waals surface area contributed by atoms with Crippen LogP contribution in [0.3, 0.4) is 0 Å². The van der Waals surface area contributed by atoms with Crippen LogP contribution >= 0.6 is 0 Å². The lowest BCUT2D eigenvalue weighted by atomic mass is 9.86. The average Bonchev–Trinajstić information content (AvgIpc) is 3.19. The van der Waals surface area contributed by atoms with Crippen molar-refractivity contribution in [3.63, 3.8) is 0 Å². The average molecular weight is 259 g/mol. The molecule has 100 valence electrons. The molecule has 19 heavy (non-hydrogen) atoms. The molecule has 0 atom stereocenters. The van der Waals surface area contributed by atoms with Crippen LogP contribution in [-0.4, -0.2) is 23.0 Å². The minimum absolute atomic E-state index is 0.0655. The standard InChI is InChI=1S/C14H17N3O2/c1-14(2)10-6-3-8(12(15)16-19)7-11(10)17(13(14)18)9-4-5-9/h3,6-7,9,19H,4-5H2,1-2H3,(H2,15,16). The van der Waals surface area contributed by atoms with Gasteiger partial charge in [0.2, 0.25) is 5.91 Å². The third-order valence-corrected chi connectivity index (χ3v) is 4.00. The lowest BCUT2D eigenvalue weighted by Gasteiger charge is -2.19. The fourth-order valence-electron chi connectivity index (χ4n) is 2.70. The van der Waals surface area contributed by atoms with E-state index in [9.17, 15) is 4.79 Å². The van der Waals surface area contributed by atoms with Crippen LogP contribution in [0.1, 0.15) is 37.8 Å². The minimum atomic E-state index is -0.498. The number of hydrogen-bond donors (Lipinski definition) is 2. The summed E-state index contributed by atoms with van der Waals surface area (Å²) in [6.07, 6.45) is 2.10. The molecule has 1 aliphatic carbocycles. The number of amidine groups is 1. The highest BCUT2D eigenvalue weighted by Crippen LogP contribution is 2.46. The van der Waals surface area contributed by atoms with E-state index in [4.69, 9.17) is 10.9 Å². The van der Waals surface area contributed by atoms with Crippen molar-refractivity contribution < 1.29 is 10.0 Å². The summed E-state index contributed by atoms with van der Waals surface area (Å²) in [5, 5.41) is 11.8. The van der Waals surface area contributed by atoms with Gasteiger partial charge in [-0.05, 0) is 38.3 Å². The van der Waals surface area contributed by atoms with Crippen LogP contribution in [0.25, 0.3) is 0 Å². The molecular formula is C14H17N3O2. The number of amides is 1. The van der Waals surface area contributed by atoms with Crippen molar-refractivity contribution in [2.45, 2.75) is 38.1 Å². The van der Waals surface area contributed by atoms with Crippen LogP contribution in [-0.2, 0) is 10.2 Å². The first kappa shape index (κ1) is 12.0. The van der Waals surface area contributed by atoms with Crippen LogP contribution in [0.15, 0.2) is 23.4 Å². The molecule has 5 nitrogen and oxygen atoms in total. The molecule has 0 spiro atoms. The predicted octanol–water partition coefficient (Wildman–Crippen LogP) is 1.57. The second kappa shape index (κ2) is 3.73. The summed E-state index contributed by atoms with van der Waals surface area (Å²) in [5.74, 6) is 0.206. The van der Waals surface area contributed by atoms with E-state index >= 15 is 0 Å². The Morgan fingerprint density at radius 1 is 1.47 bits per heavy atom. The topological polar surface area (TPSA) is 78.9 Å². The first-order valence-electron chi connectivity index (χ1n) is 6.43. The molecule has 1 saturated carbocycles. The zero-order valence-electron chi connectivity index (χ0n) is 11.1. The molecule has 0 radical (unpaired) electrons. The largest absolute Gasteiger partial charge is 0.409 e. The summed E-state index contributed by atoms with van der Waals surface area (Å²) in [6, 6.07) is 5.85. The molecule has 0 aromatic heterocycles. The quantitative estimate of drug-likeness (QED) is 0.366. The van der Waals surface area contributed by atoms with Gasteiger partial charge in [-0.25, -0.2) is 0 Å². The van der Waals surface area contributed by atoms with Crippen LogP contribution in [0.5, 0.6) is 0 Å². The number of rotatable bonds is 2. The molecule has 3 rings (SSSR count). The van der Waals surface area contributed by atoms with Gasteiger partial charge in [0.25, 0.3) is 0 Å². The molecule has 1 heterocycles. The van der Waals surface area contributed by atoms with E-state index in [-0.39, 0.29) is 11.7 Å². The molecule has 0 unspecified atom stereocenters. The fraction of sp³-hybridized carbons (Fsp3) is 0.429. The van der Waals surface area contributed by atoms with Gasteiger partial charge in [-0.15, -0.1) is 0 Å². The van der Waals surface area contributed by atoms with Gasteiger partial charge >= 0.3 is 0 Å². The fourth-order valence-corrected chi connectivity index (χ4v) is 2.70. The first-order valence-corrected chi connectivity index (χ1v) is 6.43. The molecule has 1 fully saturated rings. The monoisotopic (exact) mass is 259 g/mol. The molecule has 1 aromatic rings. The van der Waals surface area contributed by atoms with Gasteiger partial charge < -0.3 is 15.8 Å². The number of nitrogens with zero attached hydrogens (tertiary/aromatic N) is 2. The zero-order valence-corrected chi connectivity index (χ0v) is 11.1. The van der Waals surface area contributed by atoms with Crippen LogP contribution in [0.2, 0.25) is 0 Å². The highest BCUT2D eigenvalue weighted by atomic mass is 16.4. The Kier molecular flexibility index (Phi) is 2.36. The summed E-state index contributed by atoms with van der Waals surface area (Å²) < 4.78 is 0. The van der Waals surface area contributed by atoms with Crippen molar-refractivity contribution in [1.82, 2.24) is 0 Å². The molecule has 1 aromatic carbocycles. The Morgan fingerprint density at radius 3 is 2.74 bits per heavy atom. The van der Waals surface area contributed by atoms with E-state index in [1.54, 1.807) is 6.07 Å². The second-order valence-electron chi connectivity index (χ2n) is 5.75. The maximum Gasteiger partial charge on any atom is 0.237 e. The first-order chi connectivity index (χ1) is 8.96. The van der Waals surface area contributed by atoms with Crippen molar-refractivity contribution >= 4 is 17.4 Å². The Labute approximate surface area is 111 Å². The molecule has 0 bridgehead atoms. The molecule has 3 N–H and O–H groups in total. The maximum absolute atomic E-state index is 12.5. The van der Waals surface area contributed by atoms with E-state index in [0.29, 0.717) is 11.6 Å². The van der Waals surface area contributed by atoms with Gasteiger partial charge in [0.05, 0.1) is 5.41 Å². The van der Waals surface area contributed by atoms with Gasteiger partial charge in [-0.2, -0.15) is 0 Å². The van der Waals surface area contributed by atoms with Crippen molar-refractivity contribution in [2.75, 3.05) is 4.90 Å². The summed E-state index contributed by atoms with van der Waals surface area (Å²) >= 11 is 0. The number of nitrogens with two attached hydrogens (primary N) is 1. The summed E-state index contributed by atoms with van der Waals surface area (Å²) in [4.78, 5) is 14.4. The van der Waals surface area contributed by atoms with E-state index < -0.39 is 5.41 Å². The molecule has 1 amide bonds. The number of hydrogen-bond acceptors (Lipinski definition) is 3. The summed E-state index contributed by atoms with van der Waals surface area (Å²) in [6.45, 7) is 3.89. The highest BCUT2D eigenvalue weighted by Gasteiger charge is 2.48. The lowest BCUT2D eigenvalue weighted by molar-refractivity contribution is -0.122. The van der Waals surface area contributed by atoms with Crippen LogP contribution in [0.4, 0.5) is 5.69 Å². The highest BCUT2D eigenvalue weighted by molar-refractivity contribution is 6.09. The Morgan fingerprint density at radius 2 is 2.16 bits per heavy atom. The Balaban J connectivity index is 2.15. The zero-order chi connectivity index (χ0) is 13.8. The van der Waals surface area contributed by atoms with Crippen LogP contribution < -0.4 is 10.6 Å². The Bertz CT molecular complexity index is 588. The van der Waals surface area contributed by atoms with Gasteiger partial charge in [-0.3, -0.25) is 4.79 Å². The van der Waals surface area contributed by atoms with E-state index in [2.05, 4.69) is 5.16 Å². The van der Waals surface area contributed by atoms with E-state index in [1.165, 1.54) is 0 Å². The number of fused-ring (bicyclic) bond motifs is 1. The van der Waals surface area contributed by atoms with Crippen molar-refractivity contribution in [2.24, 2.45) is 10.9 Å². The maximum atomic E-state index is 12.5. The smallest absolute Gasteiger partial charge is 0.237 e. The SMILES string of the molecule is CC1(C)C(=O)N(C2CC2)c2cc(/C(N)=N/O)ccc21. The van der Waals surface area contributed by atoms with Gasteiger partial charge in [0.1, 0.15) is 0 Å². The third kappa shape index (κ3) is 1.61. The normalized spacial score (nSPS) is 21.7. The Hall–Kier alpha value is -2.04. The van der Waals surface area contributed by atoms with Gasteiger partial charge in [-0.1, -0.05) is 17.3 Å². The number of carbonyl (C=O) groups is 1. The predicted molar refractivity (Wildman–Crippen MR) is 72.5 cm³/mol. The van der Waals surface area contributed by atoms with Crippen molar-refractivity contribution in [3.8, 4) is 0 Å².